The molecule has 32 heavy (non-hydrogen) atoms. The van der Waals surface area contributed by atoms with Gasteiger partial charge in [-0.25, -0.2) is 4.72 Å². The molecule has 0 atom stereocenters. The number of hydrogen-bond donors (Lipinski definition) is 2. The van der Waals surface area contributed by atoms with Crippen molar-refractivity contribution in [3.63, 3.8) is 0 Å². The third-order valence-electron chi connectivity index (χ3n) is 4.90. The number of amides is 1. The van der Waals surface area contributed by atoms with Gasteiger partial charge in [0.2, 0.25) is 0 Å². The molecule has 3 aromatic rings. The summed E-state index contributed by atoms with van der Waals surface area (Å²) in [7, 11) is -2.08. The third-order valence-corrected chi connectivity index (χ3v) is 5.95. The molecule has 0 saturated carbocycles. The van der Waals surface area contributed by atoms with Gasteiger partial charge in [-0.05, 0) is 44.5 Å². The monoisotopic (exact) mass is 459 g/mol. The lowest BCUT2D eigenvalue weighted by molar-refractivity contribution is -0.114. The molecule has 0 aliphatic heterocycles. The summed E-state index contributed by atoms with van der Waals surface area (Å²) in [5.41, 5.74) is 2.34. The highest BCUT2D eigenvalue weighted by Crippen LogP contribution is 2.28. The summed E-state index contributed by atoms with van der Waals surface area (Å²) in [6.07, 6.45) is 6.24. The Bertz CT molecular complexity index is 1240. The van der Waals surface area contributed by atoms with Gasteiger partial charge in [0.15, 0.2) is 0 Å². The van der Waals surface area contributed by atoms with E-state index in [-0.39, 0.29) is 6.54 Å². The number of benzene rings is 1. The Kier molecular flexibility index (Phi) is 7.37. The van der Waals surface area contributed by atoms with E-state index in [1.807, 2.05) is 67.6 Å². The van der Waals surface area contributed by atoms with E-state index in [9.17, 15) is 13.2 Å². The predicted octanol–water partition coefficient (Wildman–Crippen LogP) is 2.84. The fourth-order valence-electron chi connectivity index (χ4n) is 3.44. The molecular formula is C22H29N5O4S. The zero-order valence-corrected chi connectivity index (χ0v) is 19.6. The Balaban J connectivity index is 1.90. The number of fused-ring (bicyclic) bond motifs is 1. The minimum atomic E-state index is -3.90. The summed E-state index contributed by atoms with van der Waals surface area (Å²) in [6.45, 7) is 6.56. The fourth-order valence-corrected chi connectivity index (χ4v) is 4.26. The summed E-state index contributed by atoms with van der Waals surface area (Å²) in [5.74, 6) is 0.773. The van der Waals surface area contributed by atoms with Gasteiger partial charge in [-0.15, -0.1) is 0 Å². The highest BCUT2D eigenvalue weighted by Gasteiger charge is 2.17. The van der Waals surface area contributed by atoms with Gasteiger partial charge in [0, 0.05) is 42.9 Å². The summed E-state index contributed by atoms with van der Waals surface area (Å²) in [4.78, 5) is 12.2. The van der Waals surface area contributed by atoms with Crippen LogP contribution in [-0.2, 0) is 22.1 Å². The molecule has 2 N–H and O–H groups in total. The lowest BCUT2D eigenvalue weighted by atomic mass is 10.2. The molecule has 0 unspecified atom stereocenters. The SMILES string of the molecule is CCCCNS(=O)(=O)NC(=O)C=Cc1c(C)nn(C)c1-n1ccc2ccc(OCC)cc21. The van der Waals surface area contributed by atoms with Crippen LogP contribution in [0.3, 0.4) is 0 Å². The van der Waals surface area contributed by atoms with E-state index < -0.39 is 16.1 Å². The van der Waals surface area contributed by atoms with Crippen molar-refractivity contribution in [2.24, 2.45) is 7.05 Å². The average molecular weight is 460 g/mol. The topological polar surface area (TPSA) is 107 Å². The minimum Gasteiger partial charge on any atom is -0.494 e. The van der Waals surface area contributed by atoms with Crippen LogP contribution in [-0.4, -0.2) is 41.8 Å². The fraction of sp³-hybridized carbons (Fsp3) is 0.364. The van der Waals surface area contributed by atoms with Crippen LogP contribution in [0, 0.1) is 6.92 Å². The number of aromatic nitrogens is 3. The van der Waals surface area contributed by atoms with Gasteiger partial charge in [0.1, 0.15) is 11.6 Å². The number of ether oxygens (including phenoxy) is 1. The van der Waals surface area contributed by atoms with Crippen LogP contribution in [0.1, 0.15) is 37.9 Å². The number of rotatable bonds is 10. The molecule has 0 aliphatic carbocycles. The second kappa shape index (κ2) is 10.0. The van der Waals surface area contributed by atoms with E-state index in [1.54, 1.807) is 10.8 Å². The number of unbranched alkanes of at least 4 members (excludes halogenated alkanes) is 1. The van der Waals surface area contributed by atoms with E-state index in [0.29, 0.717) is 24.3 Å². The van der Waals surface area contributed by atoms with E-state index >= 15 is 0 Å². The number of nitrogens with zero attached hydrogens (tertiary/aromatic N) is 3. The molecule has 2 heterocycles. The second-order valence-electron chi connectivity index (χ2n) is 7.34. The first-order valence-corrected chi connectivity index (χ1v) is 12.0. The molecule has 10 heteroatoms. The standard InChI is InChI=1S/C22H29N5O4S/c1-5-7-13-23-32(29,30)25-21(28)11-10-19-16(3)24-26(4)22(19)27-14-12-17-8-9-18(31-6-2)15-20(17)27/h8-12,14-15,23H,5-7,13H2,1-4H3,(H,25,28). The number of carbonyl (C=O) groups is 1. The smallest absolute Gasteiger partial charge is 0.301 e. The maximum absolute atomic E-state index is 12.2. The van der Waals surface area contributed by atoms with Crippen molar-refractivity contribution in [2.75, 3.05) is 13.2 Å². The Hall–Kier alpha value is -3.11. The first-order chi connectivity index (χ1) is 15.3. The van der Waals surface area contributed by atoms with E-state index in [1.165, 1.54) is 6.08 Å². The quantitative estimate of drug-likeness (QED) is 0.358. The largest absolute Gasteiger partial charge is 0.494 e. The molecule has 0 fully saturated rings. The van der Waals surface area contributed by atoms with Gasteiger partial charge in [-0.1, -0.05) is 13.3 Å². The van der Waals surface area contributed by atoms with Gasteiger partial charge in [0.05, 0.1) is 17.8 Å². The highest BCUT2D eigenvalue weighted by molar-refractivity contribution is 7.88. The van der Waals surface area contributed by atoms with Crippen LogP contribution >= 0.6 is 0 Å². The van der Waals surface area contributed by atoms with Crippen LogP contribution in [0.25, 0.3) is 22.8 Å². The average Bonchev–Trinajstić information content (AvgIpc) is 3.25. The first-order valence-electron chi connectivity index (χ1n) is 10.5. The summed E-state index contributed by atoms with van der Waals surface area (Å²) < 4.78 is 37.6. The Morgan fingerprint density at radius 3 is 2.75 bits per heavy atom. The Labute approximate surface area is 188 Å². The number of aryl methyl sites for hydroxylation is 2. The van der Waals surface area contributed by atoms with Crippen molar-refractivity contribution in [3.8, 4) is 11.6 Å². The first kappa shape index (κ1) is 23.6. The molecule has 0 spiro atoms. The molecule has 9 nitrogen and oxygen atoms in total. The molecule has 3 rings (SSSR count). The van der Waals surface area contributed by atoms with Gasteiger partial charge >= 0.3 is 10.2 Å². The van der Waals surface area contributed by atoms with Crippen LogP contribution in [0.2, 0.25) is 0 Å². The van der Waals surface area contributed by atoms with E-state index in [4.69, 9.17) is 4.74 Å². The highest BCUT2D eigenvalue weighted by atomic mass is 32.2. The summed E-state index contributed by atoms with van der Waals surface area (Å²) in [6, 6.07) is 7.85. The maximum Gasteiger partial charge on any atom is 0.301 e. The maximum atomic E-state index is 12.2. The van der Waals surface area contributed by atoms with Crippen molar-refractivity contribution in [3.05, 3.63) is 47.8 Å². The van der Waals surface area contributed by atoms with Crippen molar-refractivity contribution in [1.29, 1.82) is 0 Å². The predicted molar refractivity (Wildman–Crippen MR) is 125 cm³/mol. The molecule has 0 aliphatic rings. The molecular weight excluding hydrogens is 430 g/mol. The van der Waals surface area contributed by atoms with Gasteiger partial charge in [0.25, 0.3) is 5.91 Å². The molecule has 0 saturated heterocycles. The molecule has 0 radical (unpaired) electrons. The number of hydrogen-bond acceptors (Lipinski definition) is 5. The number of nitrogens with one attached hydrogen (secondary N) is 2. The van der Waals surface area contributed by atoms with Crippen molar-refractivity contribution in [2.45, 2.75) is 33.6 Å². The zero-order chi connectivity index (χ0) is 23.3. The number of carbonyl (C=O) groups excluding carboxylic acids is 1. The van der Waals surface area contributed by atoms with Gasteiger partial charge in [-0.3, -0.25) is 9.48 Å². The van der Waals surface area contributed by atoms with Crippen LogP contribution in [0.4, 0.5) is 0 Å². The van der Waals surface area contributed by atoms with Crippen LogP contribution in [0.5, 0.6) is 5.75 Å². The van der Waals surface area contributed by atoms with Gasteiger partial charge < -0.3 is 9.30 Å². The summed E-state index contributed by atoms with van der Waals surface area (Å²) in [5, 5.41) is 5.52. The second-order valence-corrected chi connectivity index (χ2v) is 8.84. The Morgan fingerprint density at radius 2 is 2.03 bits per heavy atom. The Morgan fingerprint density at radius 1 is 1.25 bits per heavy atom. The molecule has 1 amide bonds. The minimum absolute atomic E-state index is 0.277. The van der Waals surface area contributed by atoms with Crippen LogP contribution < -0.4 is 14.2 Å². The van der Waals surface area contributed by atoms with Crippen LogP contribution in [0.15, 0.2) is 36.5 Å². The molecule has 0 bridgehead atoms. The van der Waals surface area contributed by atoms with Gasteiger partial charge in [-0.2, -0.15) is 18.2 Å². The van der Waals surface area contributed by atoms with E-state index in [2.05, 4.69) is 9.82 Å². The summed E-state index contributed by atoms with van der Waals surface area (Å²) >= 11 is 0. The van der Waals surface area contributed by atoms with Crippen molar-refractivity contribution < 1.29 is 17.9 Å². The van der Waals surface area contributed by atoms with E-state index in [0.717, 1.165) is 28.9 Å². The molecule has 172 valence electrons. The lowest BCUT2D eigenvalue weighted by Gasteiger charge is -2.09. The molecule has 1 aromatic carbocycles. The normalized spacial score (nSPS) is 12.0. The third kappa shape index (κ3) is 5.38. The van der Waals surface area contributed by atoms with Crippen molar-refractivity contribution >= 4 is 33.1 Å². The van der Waals surface area contributed by atoms with Crippen molar-refractivity contribution in [1.82, 2.24) is 23.8 Å². The zero-order valence-electron chi connectivity index (χ0n) is 18.8. The molecule has 2 aromatic heterocycles. The lowest BCUT2D eigenvalue weighted by Crippen LogP contribution is -2.39.